The Hall–Kier alpha value is -4.51. The summed E-state index contributed by atoms with van der Waals surface area (Å²) < 4.78 is 0. The third-order valence-electron chi connectivity index (χ3n) is 6.80. The van der Waals surface area contributed by atoms with Gasteiger partial charge in [0.15, 0.2) is 0 Å². The second-order valence-corrected chi connectivity index (χ2v) is 8.93. The van der Waals surface area contributed by atoms with E-state index in [1.807, 2.05) is 30.3 Å². The van der Waals surface area contributed by atoms with Crippen molar-refractivity contribution in [2.45, 2.75) is 20.8 Å². The van der Waals surface area contributed by atoms with Crippen LogP contribution in [0, 0.1) is 0 Å². The van der Waals surface area contributed by atoms with Crippen LogP contribution in [0.25, 0.3) is 17.4 Å². The number of H-pyrrole nitrogens is 1. The minimum atomic E-state index is 0.752. The fraction of sp³-hybridized carbons (Fsp3) is 0.100. The zero-order valence-electron chi connectivity index (χ0n) is 19.8. The second-order valence-electron chi connectivity index (χ2n) is 8.93. The van der Waals surface area contributed by atoms with Crippen molar-refractivity contribution in [3.8, 4) is 0 Å². The number of aromatic amines is 1. The molecule has 0 saturated carbocycles. The largest absolute Gasteiger partial charge is 0.515 e. The van der Waals surface area contributed by atoms with Gasteiger partial charge in [0, 0.05) is 33.3 Å². The average Bonchev–Trinajstić information content (AvgIpc) is 3.69. The predicted octanol–water partition coefficient (Wildman–Crippen LogP) is 4.83. The standard InChI is InChI=1S/C30H24N4O/c1-17-22-8-10-24(31-22)18(2)26-12-14-28(33-26)30(21-6-4-20(16-35)5-7-21)29-15-13-27(34-29)19(3)25-11-9-23(17)32-25/h4-16,33,35H,1-3H3. The summed E-state index contributed by atoms with van der Waals surface area (Å²) in [5.41, 5.74) is 11.6. The summed E-state index contributed by atoms with van der Waals surface area (Å²) >= 11 is 0. The van der Waals surface area contributed by atoms with Crippen molar-refractivity contribution >= 4 is 34.5 Å². The van der Waals surface area contributed by atoms with Gasteiger partial charge < -0.3 is 10.1 Å². The smallest absolute Gasteiger partial charge is 0.0864 e. The van der Waals surface area contributed by atoms with Crippen LogP contribution in [0.15, 0.2) is 116 Å². The van der Waals surface area contributed by atoms with Crippen LogP contribution in [-0.2, 0) is 0 Å². The maximum atomic E-state index is 9.38. The molecule has 170 valence electrons. The van der Waals surface area contributed by atoms with Crippen LogP contribution >= 0.6 is 0 Å². The number of aliphatic hydroxyl groups excluding tert-OH is 1. The molecule has 0 amide bonds. The van der Waals surface area contributed by atoms with Crippen LogP contribution in [0.5, 0.6) is 0 Å². The first kappa shape index (κ1) is 21.1. The summed E-state index contributed by atoms with van der Waals surface area (Å²) in [5, 5.41) is 11.1. The molecular weight excluding hydrogens is 432 g/mol. The highest BCUT2D eigenvalue weighted by molar-refractivity contribution is 6.30. The first-order valence-electron chi connectivity index (χ1n) is 11.6. The quantitative estimate of drug-likeness (QED) is 0.585. The summed E-state index contributed by atoms with van der Waals surface area (Å²) in [6.45, 7) is 6.21. The highest BCUT2D eigenvalue weighted by Gasteiger charge is 2.21. The number of nitrogens with one attached hydrogen (secondary N) is 1. The van der Waals surface area contributed by atoms with Crippen molar-refractivity contribution in [1.82, 2.24) is 4.98 Å². The molecule has 4 aliphatic heterocycles. The van der Waals surface area contributed by atoms with Gasteiger partial charge in [0.2, 0.25) is 0 Å². The fourth-order valence-electron chi connectivity index (χ4n) is 4.61. The van der Waals surface area contributed by atoms with Gasteiger partial charge in [-0.3, -0.25) is 0 Å². The van der Waals surface area contributed by atoms with Gasteiger partial charge in [-0.1, -0.05) is 24.3 Å². The fourth-order valence-corrected chi connectivity index (χ4v) is 4.61. The predicted molar refractivity (Wildman–Crippen MR) is 144 cm³/mol. The zero-order valence-corrected chi connectivity index (χ0v) is 19.8. The average molecular weight is 457 g/mol. The number of rotatable bonds is 0. The lowest BCUT2D eigenvalue weighted by atomic mass is 10.0. The van der Waals surface area contributed by atoms with Crippen molar-refractivity contribution < 1.29 is 5.11 Å². The highest BCUT2D eigenvalue weighted by Crippen LogP contribution is 2.30. The third-order valence-corrected chi connectivity index (χ3v) is 6.80. The Morgan fingerprint density at radius 2 is 1.11 bits per heavy atom. The van der Waals surface area contributed by atoms with Gasteiger partial charge in [-0.2, -0.15) is 0 Å². The first-order valence-corrected chi connectivity index (χ1v) is 11.6. The van der Waals surface area contributed by atoms with Gasteiger partial charge >= 0.3 is 0 Å². The monoisotopic (exact) mass is 456 g/mol. The number of hydrogen-bond donors (Lipinski definition) is 2. The number of aromatic nitrogens is 1. The number of aliphatic hydroxyl groups is 1. The summed E-state index contributed by atoms with van der Waals surface area (Å²) in [6, 6.07) is 12.0. The second kappa shape index (κ2) is 8.06. The van der Waals surface area contributed by atoms with E-state index < -0.39 is 0 Å². The van der Waals surface area contributed by atoms with Gasteiger partial charge in [0.05, 0.1) is 40.5 Å². The minimum absolute atomic E-state index is 0.752. The molecule has 8 bridgehead atoms. The maximum Gasteiger partial charge on any atom is 0.0864 e. The summed E-state index contributed by atoms with van der Waals surface area (Å²) in [4.78, 5) is 18.4. The molecule has 0 spiro atoms. The molecule has 1 aromatic heterocycles. The van der Waals surface area contributed by atoms with E-state index in [0.717, 1.165) is 84.6 Å². The zero-order chi connectivity index (χ0) is 24.1. The van der Waals surface area contributed by atoms with Crippen molar-refractivity contribution in [3.63, 3.8) is 0 Å². The van der Waals surface area contributed by atoms with E-state index in [9.17, 15) is 5.11 Å². The number of hydrogen-bond acceptors (Lipinski definition) is 4. The Balaban J connectivity index is 1.65. The number of fused-ring (bicyclic) bond motifs is 5. The molecule has 6 rings (SSSR count). The molecule has 5 nitrogen and oxygen atoms in total. The molecule has 0 saturated heterocycles. The molecule has 0 unspecified atom stereocenters. The van der Waals surface area contributed by atoms with Gasteiger partial charge in [-0.05, 0) is 80.2 Å². The minimum Gasteiger partial charge on any atom is -0.515 e. The topological polar surface area (TPSA) is 73.1 Å². The Kier molecular flexibility index (Phi) is 4.85. The summed E-state index contributed by atoms with van der Waals surface area (Å²) in [7, 11) is 0. The van der Waals surface area contributed by atoms with Gasteiger partial charge in [0.25, 0.3) is 0 Å². The van der Waals surface area contributed by atoms with E-state index in [4.69, 9.17) is 15.0 Å². The molecule has 0 aliphatic carbocycles. The lowest BCUT2D eigenvalue weighted by Gasteiger charge is -2.07. The Morgan fingerprint density at radius 3 is 1.71 bits per heavy atom. The van der Waals surface area contributed by atoms with Crippen LogP contribution in [0.3, 0.4) is 0 Å². The molecule has 0 radical (unpaired) electrons. The molecule has 1 aromatic carbocycles. The molecule has 2 aromatic rings. The molecule has 4 aliphatic rings. The maximum absolute atomic E-state index is 9.38. The number of benzene rings is 1. The van der Waals surface area contributed by atoms with E-state index in [2.05, 4.69) is 68.3 Å². The van der Waals surface area contributed by atoms with Gasteiger partial charge in [-0.15, -0.1) is 0 Å². The van der Waals surface area contributed by atoms with E-state index >= 15 is 0 Å². The first-order chi connectivity index (χ1) is 17.0. The third kappa shape index (κ3) is 3.53. The molecule has 35 heavy (non-hydrogen) atoms. The van der Waals surface area contributed by atoms with Crippen molar-refractivity contribution in [3.05, 3.63) is 123 Å². The van der Waals surface area contributed by atoms with Crippen molar-refractivity contribution in [1.29, 1.82) is 0 Å². The molecule has 5 heterocycles. The van der Waals surface area contributed by atoms with Crippen LogP contribution < -0.4 is 10.4 Å². The van der Waals surface area contributed by atoms with Crippen LogP contribution in [0.4, 0.5) is 0 Å². The molecule has 2 N–H and O–H groups in total. The van der Waals surface area contributed by atoms with Crippen LogP contribution in [0.2, 0.25) is 0 Å². The number of aliphatic imine (C=N–C) groups is 3. The molecular formula is C30H24N4O. The lowest BCUT2D eigenvalue weighted by molar-refractivity contribution is 0.540. The molecule has 0 atom stereocenters. The van der Waals surface area contributed by atoms with Gasteiger partial charge in [0.1, 0.15) is 0 Å². The SMILES string of the molecule is CC1=C2C=CC(=N2)C(C)=C2C=CC(=N2)C(=c2ccc(=CO)cc2)c2ccc([nH]2)C(C)=C2C=CC1=N2. The van der Waals surface area contributed by atoms with Crippen LogP contribution in [0.1, 0.15) is 32.2 Å². The van der Waals surface area contributed by atoms with Gasteiger partial charge in [-0.25, -0.2) is 15.0 Å². The molecule has 0 fully saturated rings. The normalized spacial score (nSPS) is 18.6. The van der Waals surface area contributed by atoms with E-state index in [0.29, 0.717) is 0 Å². The van der Waals surface area contributed by atoms with E-state index in [1.165, 1.54) is 0 Å². The highest BCUT2D eigenvalue weighted by atomic mass is 16.2. The number of allylic oxidation sites excluding steroid dienone is 9. The van der Waals surface area contributed by atoms with Crippen LogP contribution in [-0.4, -0.2) is 27.2 Å². The molecule has 5 heteroatoms. The van der Waals surface area contributed by atoms with E-state index in [1.54, 1.807) is 0 Å². The Labute approximate surface area is 203 Å². The Bertz CT molecular complexity index is 1690. The van der Waals surface area contributed by atoms with Crippen molar-refractivity contribution in [2.24, 2.45) is 15.0 Å². The van der Waals surface area contributed by atoms with Crippen molar-refractivity contribution in [2.75, 3.05) is 0 Å². The summed E-state index contributed by atoms with van der Waals surface area (Å²) in [5.74, 6) is 0. The number of nitrogens with zero attached hydrogens (tertiary/aromatic N) is 3. The summed E-state index contributed by atoms with van der Waals surface area (Å²) in [6.07, 6.45) is 13.4. The van der Waals surface area contributed by atoms with E-state index in [-0.39, 0.29) is 0 Å². The Morgan fingerprint density at radius 1 is 0.600 bits per heavy atom. The lowest BCUT2D eigenvalue weighted by Crippen LogP contribution is -2.16.